The highest BCUT2D eigenvalue weighted by Crippen LogP contribution is 2.30. The normalized spacial score (nSPS) is 15.2. The van der Waals surface area contributed by atoms with Crippen molar-refractivity contribution < 1.29 is 13.6 Å². The van der Waals surface area contributed by atoms with Crippen molar-refractivity contribution in [1.82, 2.24) is 4.90 Å². The molecule has 1 aliphatic rings. The fourth-order valence-electron chi connectivity index (χ4n) is 2.10. The lowest BCUT2D eigenvalue weighted by Crippen LogP contribution is -2.24. The summed E-state index contributed by atoms with van der Waals surface area (Å²) in [4.78, 5) is 12.9. The van der Waals surface area contributed by atoms with Crippen LogP contribution in [0.15, 0.2) is 39.4 Å². The molecule has 0 atom stereocenters. The molecule has 1 fully saturated rings. The molecule has 0 spiro atoms. The lowest BCUT2D eigenvalue weighted by Gasteiger charge is -2.19. The molecule has 0 radical (unpaired) electrons. The molecule has 2 aromatic heterocycles. The van der Waals surface area contributed by atoms with E-state index >= 15 is 0 Å². The minimum absolute atomic E-state index is 0.388. The highest BCUT2D eigenvalue weighted by molar-refractivity contribution is 5.70. The minimum atomic E-state index is 0.388. The number of nitrogens with zero attached hydrogens (tertiary/aromatic N) is 1. The van der Waals surface area contributed by atoms with Gasteiger partial charge in [0.25, 0.3) is 0 Å². The van der Waals surface area contributed by atoms with Crippen molar-refractivity contribution >= 4 is 6.29 Å². The number of carbonyl (C=O) groups excluding carboxylic acids is 1. The molecule has 4 nitrogen and oxygen atoms in total. The molecule has 0 aliphatic heterocycles. The van der Waals surface area contributed by atoms with E-state index in [9.17, 15) is 4.79 Å². The van der Waals surface area contributed by atoms with Gasteiger partial charge < -0.3 is 8.83 Å². The van der Waals surface area contributed by atoms with Crippen LogP contribution >= 0.6 is 0 Å². The lowest BCUT2D eigenvalue weighted by molar-refractivity contribution is 0.109. The van der Waals surface area contributed by atoms with E-state index in [-0.39, 0.29) is 0 Å². The average molecular weight is 245 g/mol. The van der Waals surface area contributed by atoms with Gasteiger partial charge in [-0.15, -0.1) is 0 Å². The van der Waals surface area contributed by atoms with Gasteiger partial charge in [-0.05, 0) is 37.1 Å². The van der Waals surface area contributed by atoms with E-state index < -0.39 is 0 Å². The summed E-state index contributed by atoms with van der Waals surface area (Å²) >= 11 is 0. The molecular formula is C14H15NO3. The SMILES string of the molecule is O=Cc1ccc(CN(Cc2ccco2)C2CC2)o1. The highest BCUT2D eigenvalue weighted by atomic mass is 16.3. The first-order chi connectivity index (χ1) is 8.85. The average Bonchev–Trinajstić information content (AvgIpc) is 2.92. The van der Waals surface area contributed by atoms with Crippen molar-refractivity contribution in [2.24, 2.45) is 0 Å². The van der Waals surface area contributed by atoms with Gasteiger partial charge in [0.05, 0.1) is 19.4 Å². The van der Waals surface area contributed by atoms with Crippen LogP contribution < -0.4 is 0 Å². The topological polar surface area (TPSA) is 46.6 Å². The highest BCUT2D eigenvalue weighted by Gasteiger charge is 2.30. The van der Waals surface area contributed by atoms with Crippen molar-refractivity contribution in [3.05, 3.63) is 47.8 Å². The third-order valence-corrected chi connectivity index (χ3v) is 3.16. The molecule has 2 heterocycles. The van der Waals surface area contributed by atoms with Gasteiger partial charge in [0, 0.05) is 6.04 Å². The van der Waals surface area contributed by atoms with Crippen LogP contribution in [0.3, 0.4) is 0 Å². The molecule has 2 aromatic rings. The fraction of sp³-hybridized carbons (Fsp3) is 0.357. The molecule has 0 N–H and O–H groups in total. The zero-order valence-electron chi connectivity index (χ0n) is 10.0. The van der Waals surface area contributed by atoms with Gasteiger partial charge in [0.1, 0.15) is 11.5 Å². The quantitative estimate of drug-likeness (QED) is 0.734. The number of aldehydes is 1. The van der Waals surface area contributed by atoms with E-state index in [4.69, 9.17) is 8.83 Å². The Hall–Kier alpha value is -1.81. The van der Waals surface area contributed by atoms with Gasteiger partial charge in [-0.25, -0.2) is 0 Å². The summed E-state index contributed by atoms with van der Waals surface area (Å²) in [6.07, 6.45) is 4.87. The molecule has 94 valence electrons. The summed E-state index contributed by atoms with van der Waals surface area (Å²) in [5.74, 6) is 2.18. The van der Waals surface area contributed by atoms with Crippen molar-refractivity contribution in [1.29, 1.82) is 0 Å². The number of hydrogen-bond donors (Lipinski definition) is 0. The Morgan fingerprint density at radius 3 is 2.67 bits per heavy atom. The van der Waals surface area contributed by atoms with Crippen LogP contribution in [0, 0.1) is 0 Å². The third-order valence-electron chi connectivity index (χ3n) is 3.16. The van der Waals surface area contributed by atoms with Crippen LogP contribution in [0.2, 0.25) is 0 Å². The van der Waals surface area contributed by atoms with Crippen molar-refractivity contribution in [3.8, 4) is 0 Å². The monoisotopic (exact) mass is 245 g/mol. The van der Waals surface area contributed by atoms with Crippen molar-refractivity contribution in [2.75, 3.05) is 0 Å². The van der Waals surface area contributed by atoms with Gasteiger partial charge in [-0.2, -0.15) is 0 Å². The van der Waals surface area contributed by atoms with Crippen LogP contribution in [0.5, 0.6) is 0 Å². The van der Waals surface area contributed by atoms with Crippen LogP contribution in [0.1, 0.15) is 34.9 Å². The maximum Gasteiger partial charge on any atom is 0.185 e. The minimum Gasteiger partial charge on any atom is -0.468 e. The van der Waals surface area contributed by atoms with E-state index in [0.717, 1.165) is 30.9 Å². The summed E-state index contributed by atoms with van der Waals surface area (Å²) < 4.78 is 10.8. The first kappa shape index (κ1) is 11.3. The Morgan fingerprint density at radius 1 is 1.22 bits per heavy atom. The summed E-state index contributed by atoms with van der Waals surface area (Å²) in [5.41, 5.74) is 0. The predicted molar refractivity (Wildman–Crippen MR) is 65.1 cm³/mol. The van der Waals surface area contributed by atoms with Gasteiger partial charge in [0.2, 0.25) is 0 Å². The van der Waals surface area contributed by atoms with E-state index in [1.165, 1.54) is 12.8 Å². The molecule has 0 amide bonds. The molecule has 4 heteroatoms. The lowest BCUT2D eigenvalue weighted by atomic mass is 10.3. The number of carbonyl (C=O) groups is 1. The van der Waals surface area contributed by atoms with Gasteiger partial charge >= 0.3 is 0 Å². The summed E-state index contributed by atoms with van der Waals surface area (Å²) in [6, 6.07) is 8.06. The molecule has 18 heavy (non-hydrogen) atoms. The smallest absolute Gasteiger partial charge is 0.185 e. The Labute approximate surface area is 105 Å². The number of rotatable bonds is 6. The van der Waals surface area contributed by atoms with Gasteiger partial charge in [0.15, 0.2) is 12.0 Å². The molecule has 0 bridgehead atoms. The Kier molecular flexibility index (Phi) is 3.02. The molecule has 0 saturated heterocycles. The van der Waals surface area contributed by atoms with Crippen LogP contribution in [0.4, 0.5) is 0 Å². The standard InChI is InChI=1S/C14H15NO3/c16-10-14-6-5-13(18-14)9-15(11-3-4-11)8-12-2-1-7-17-12/h1-2,5-7,10-11H,3-4,8-9H2. The second-order valence-corrected chi connectivity index (χ2v) is 4.64. The molecule has 1 saturated carbocycles. The molecule has 1 aliphatic carbocycles. The maximum atomic E-state index is 10.6. The van der Waals surface area contributed by atoms with Crippen molar-refractivity contribution in [2.45, 2.75) is 32.0 Å². The Balaban J connectivity index is 1.68. The first-order valence-electron chi connectivity index (χ1n) is 6.15. The van der Waals surface area contributed by atoms with E-state index in [2.05, 4.69) is 4.90 Å². The van der Waals surface area contributed by atoms with Crippen LogP contribution in [0.25, 0.3) is 0 Å². The zero-order valence-corrected chi connectivity index (χ0v) is 10.0. The molecule has 3 rings (SSSR count). The van der Waals surface area contributed by atoms with E-state index in [1.807, 2.05) is 18.2 Å². The second kappa shape index (κ2) is 4.82. The number of hydrogen-bond acceptors (Lipinski definition) is 4. The van der Waals surface area contributed by atoms with Crippen LogP contribution in [-0.4, -0.2) is 17.2 Å². The zero-order chi connectivity index (χ0) is 12.4. The maximum absolute atomic E-state index is 10.6. The first-order valence-corrected chi connectivity index (χ1v) is 6.15. The molecule has 0 aromatic carbocycles. The molecule has 0 unspecified atom stereocenters. The predicted octanol–water partition coefficient (Wildman–Crippen LogP) is 2.85. The van der Waals surface area contributed by atoms with Gasteiger partial charge in [-0.1, -0.05) is 0 Å². The second-order valence-electron chi connectivity index (χ2n) is 4.64. The summed E-state index contributed by atoms with van der Waals surface area (Å²) in [7, 11) is 0. The van der Waals surface area contributed by atoms with E-state index in [1.54, 1.807) is 12.3 Å². The Bertz CT molecular complexity index is 511. The summed E-state index contributed by atoms with van der Waals surface area (Å²) in [5, 5.41) is 0. The summed E-state index contributed by atoms with van der Waals surface area (Å²) in [6.45, 7) is 1.51. The Morgan fingerprint density at radius 2 is 2.06 bits per heavy atom. The third kappa shape index (κ3) is 2.54. The number of furan rings is 2. The van der Waals surface area contributed by atoms with Gasteiger partial charge in [-0.3, -0.25) is 9.69 Å². The van der Waals surface area contributed by atoms with E-state index in [0.29, 0.717) is 11.8 Å². The largest absolute Gasteiger partial charge is 0.468 e. The fourth-order valence-corrected chi connectivity index (χ4v) is 2.10. The van der Waals surface area contributed by atoms with Crippen LogP contribution in [-0.2, 0) is 13.1 Å². The van der Waals surface area contributed by atoms with Crippen molar-refractivity contribution in [3.63, 3.8) is 0 Å². The molecular weight excluding hydrogens is 230 g/mol.